The topological polar surface area (TPSA) is 66.0 Å². The molecule has 1 aliphatic heterocycles. The van der Waals surface area contributed by atoms with Gasteiger partial charge >= 0.3 is 0 Å². The maximum Gasteiger partial charge on any atom is 0.229 e. The molecule has 0 atom stereocenters. The van der Waals surface area contributed by atoms with Gasteiger partial charge in [0.2, 0.25) is 5.95 Å². The van der Waals surface area contributed by atoms with Crippen molar-refractivity contribution in [3.63, 3.8) is 0 Å². The Labute approximate surface area is 179 Å². The van der Waals surface area contributed by atoms with E-state index in [4.69, 9.17) is 0 Å². The minimum atomic E-state index is 0.570. The van der Waals surface area contributed by atoms with Crippen molar-refractivity contribution in [2.75, 3.05) is 30.3 Å². The number of nitrogens with zero attached hydrogens (tertiary/aromatic N) is 4. The Bertz CT molecular complexity index is 910. The smallest absolute Gasteiger partial charge is 0.229 e. The van der Waals surface area contributed by atoms with E-state index in [1.807, 2.05) is 24.4 Å². The second-order valence-corrected chi connectivity index (χ2v) is 8.05. The molecule has 0 amide bonds. The normalized spacial score (nSPS) is 14.1. The van der Waals surface area contributed by atoms with Crippen LogP contribution in [0.1, 0.15) is 24.1 Å². The lowest BCUT2D eigenvalue weighted by Crippen LogP contribution is -2.18. The van der Waals surface area contributed by atoms with E-state index in [2.05, 4.69) is 70.7 Å². The third-order valence-electron chi connectivity index (χ3n) is 4.96. The first-order valence-electron chi connectivity index (χ1n) is 10.0. The van der Waals surface area contributed by atoms with Gasteiger partial charge < -0.3 is 10.6 Å². The third kappa shape index (κ3) is 5.74. The van der Waals surface area contributed by atoms with Gasteiger partial charge in [-0.25, -0.2) is 4.98 Å². The van der Waals surface area contributed by atoms with Gasteiger partial charge in [-0.1, -0.05) is 18.2 Å². The average molecular weight is 453 g/mol. The summed E-state index contributed by atoms with van der Waals surface area (Å²) in [4.78, 5) is 15.8. The zero-order valence-corrected chi connectivity index (χ0v) is 17.9. The van der Waals surface area contributed by atoms with Gasteiger partial charge in [-0.3, -0.25) is 9.88 Å². The number of aromatic nitrogens is 3. The number of pyridine rings is 1. The van der Waals surface area contributed by atoms with Crippen molar-refractivity contribution in [2.45, 2.75) is 25.8 Å². The molecule has 3 heterocycles. The molecule has 29 heavy (non-hydrogen) atoms. The summed E-state index contributed by atoms with van der Waals surface area (Å²) in [7, 11) is 0. The third-order valence-corrected chi connectivity index (χ3v) is 5.54. The molecule has 1 fully saturated rings. The summed E-state index contributed by atoms with van der Waals surface area (Å²) in [6.45, 7) is 4.20. The van der Waals surface area contributed by atoms with E-state index in [9.17, 15) is 0 Å². The predicted octanol–water partition coefficient (Wildman–Crippen LogP) is 4.63. The molecule has 0 bridgehead atoms. The Kier molecular flexibility index (Phi) is 6.69. The molecule has 0 spiro atoms. The van der Waals surface area contributed by atoms with Crippen molar-refractivity contribution in [1.82, 2.24) is 19.9 Å². The van der Waals surface area contributed by atoms with Gasteiger partial charge in [0.05, 0.1) is 4.47 Å². The first kappa shape index (κ1) is 19.8. The molecule has 0 saturated carbocycles. The van der Waals surface area contributed by atoms with E-state index in [0.717, 1.165) is 41.2 Å². The standard InChI is InChI=1S/C22H25BrN6/c23-20-15-26-22(28-21(20)25-12-10-18-5-1-2-11-24-18)27-19-8-6-17(7-9-19)16-29-13-3-4-14-29/h1-2,5-9,11,15H,3-4,10,12-14,16H2,(H2,25,26,27,28). The maximum absolute atomic E-state index is 4.60. The second-order valence-electron chi connectivity index (χ2n) is 7.19. The van der Waals surface area contributed by atoms with E-state index in [1.54, 1.807) is 6.20 Å². The van der Waals surface area contributed by atoms with Gasteiger partial charge in [-0.05, 0) is 71.7 Å². The van der Waals surface area contributed by atoms with Crippen molar-refractivity contribution >= 4 is 33.4 Å². The maximum atomic E-state index is 4.60. The number of hydrogen-bond acceptors (Lipinski definition) is 6. The van der Waals surface area contributed by atoms with Crippen molar-refractivity contribution in [2.24, 2.45) is 0 Å². The molecular formula is C22H25BrN6. The van der Waals surface area contributed by atoms with Gasteiger partial charge in [-0.2, -0.15) is 4.98 Å². The fourth-order valence-corrected chi connectivity index (χ4v) is 3.76. The molecule has 150 valence electrons. The monoisotopic (exact) mass is 452 g/mol. The van der Waals surface area contributed by atoms with Crippen LogP contribution in [0.4, 0.5) is 17.5 Å². The van der Waals surface area contributed by atoms with Crippen molar-refractivity contribution < 1.29 is 0 Å². The molecule has 1 saturated heterocycles. The summed E-state index contributed by atoms with van der Waals surface area (Å²) in [5.41, 5.74) is 3.38. The van der Waals surface area contributed by atoms with E-state index in [-0.39, 0.29) is 0 Å². The lowest BCUT2D eigenvalue weighted by Gasteiger charge is -2.15. The molecule has 2 aromatic heterocycles. The van der Waals surface area contributed by atoms with Crippen LogP contribution in [-0.2, 0) is 13.0 Å². The number of benzene rings is 1. The predicted molar refractivity (Wildman–Crippen MR) is 120 cm³/mol. The van der Waals surface area contributed by atoms with Crippen LogP contribution < -0.4 is 10.6 Å². The van der Waals surface area contributed by atoms with Crippen LogP contribution in [0.15, 0.2) is 59.3 Å². The van der Waals surface area contributed by atoms with Crippen LogP contribution in [0, 0.1) is 0 Å². The summed E-state index contributed by atoms with van der Waals surface area (Å²) in [6.07, 6.45) is 7.05. The summed E-state index contributed by atoms with van der Waals surface area (Å²) >= 11 is 3.52. The second kappa shape index (κ2) is 9.80. The van der Waals surface area contributed by atoms with Gasteiger partial charge in [0.1, 0.15) is 5.82 Å². The van der Waals surface area contributed by atoms with Crippen LogP contribution >= 0.6 is 15.9 Å². The van der Waals surface area contributed by atoms with E-state index in [0.29, 0.717) is 5.95 Å². The Morgan fingerprint density at radius 2 is 1.83 bits per heavy atom. The molecular weight excluding hydrogens is 428 g/mol. The average Bonchev–Trinajstić information content (AvgIpc) is 3.26. The molecule has 7 heteroatoms. The number of hydrogen-bond donors (Lipinski definition) is 2. The fraction of sp³-hybridized carbons (Fsp3) is 0.318. The first-order chi connectivity index (χ1) is 14.3. The Hall–Kier alpha value is -2.51. The summed E-state index contributed by atoms with van der Waals surface area (Å²) < 4.78 is 0.838. The van der Waals surface area contributed by atoms with Crippen molar-refractivity contribution in [3.05, 3.63) is 70.6 Å². The highest BCUT2D eigenvalue weighted by molar-refractivity contribution is 9.10. The highest BCUT2D eigenvalue weighted by Gasteiger charge is 2.11. The van der Waals surface area contributed by atoms with Crippen LogP contribution in [0.5, 0.6) is 0 Å². The van der Waals surface area contributed by atoms with Gasteiger partial charge in [0.15, 0.2) is 0 Å². The Morgan fingerprint density at radius 3 is 2.59 bits per heavy atom. The quantitative estimate of drug-likeness (QED) is 0.519. The molecule has 4 rings (SSSR count). The molecule has 2 N–H and O–H groups in total. The summed E-state index contributed by atoms with van der Waals surface area (Å²) in [5.74, 6) is 1.34. The number of halogens is 1. The van der Waals surface area contributed by atoms with Crippen LogP contribution in [-0.4, -0.2) is 39.5 Å². The fourth-order valence-electron chi connectivity index (χ4n) is 3.43. The first-order valence-corrected chi connectivity index (χ1v) is 10.8. The van der Waals surface area contributed by atoms with E-state index < -0.39 is 0 Å². The highest BCUT2D eigenvalue weighted by Crippen LogP contribution is 2.22. The van der Waals surface area contributed by atoms with Crippen molar-refractivity contribution in [1.29, 1.82) is 0 Å². The van der Waals surface area contributed by atoms with Gasteiger partial charge in [-0.15, -0.1) is 0 Å². The Balaban J connectivity index is 1.34. The van der Waals surface area contributed by atoms with Crippen LogP contribution in [0.2, 0.25) is 0 Å². The molecule has 0 radical (unpaired) electrons. The summed E-state index contributed by atoms with van der Waals surface area (Å²) in [5, 5.41) is 6.65. The van der Waals surface area contributed by atoms with E-state index in [1.165, 1.54) is 31.5 Å². The molecule has 0 aliphatic carbocycles. The van der Waals surface area contributed by atoms with Gasteiger partial charge in [0.25, 0.3) is 0 Å². The number of rotatable bonds is 8. The molecule has 1 aromatic carbocycles. The highest BCUT2D eigenvalue weighted by atomic mass is 79.9. The SMILES string of the molecule is Brc1cnc(Nc2ccc(CN3CCCC3)cc2)nc1NCCc1ccccn1. The molecule has 0 unspecified atom stereocenters. The molecule has 6 nitrogen and oxygen atoms in total. The zero-order valence-electron chi connectivity index (χ0n) is 16.3. The molecule has 3 aromatic rings. The van der Waals surface area contributed by atoms with Crippen LogP contribution in [0.3, 0.4) is 0 Å². The lowest BCUT2D eigenvalue weighted by molar-refractivity contribution is 0.331. The minimum absolute atomic E-state index is 0.570. The number of anilines is 3. The minimum Gasteiger partial charge on any atom is -0.369 e. The van der Waals surface area contributed by atoms with E-state index >= 15 is 0 Å². The number of nitrogens with one attached hydrogen (secondary N) is 2. The lowest BCUT2D eigenvalue weighted by atomic mass is 10.2. The summed E-state index contributed by atoms with van der Waals surface area (Å²) in [6, 6.07) is 14.5. The molecule has 1 aliphatic rings. The Morgan fingerprint density at radius 1 is 1.00 bits per heavy atom. The largest absolute Gasteiger partial charge is 0.369 e. The van der Waals surface area contributed by atoms with Crippen LogP contribution in [0.25, 0.3) is 0 Å². The van der Waals surface area contributed by atoms with Crippen molar-refractivity contribution in [3.8, 4) is 0 Å². The zero-order chi connectivity index (χ0) is 19.9. The van der Waals surface area contributed by atoms with Gasteiger partial charge in [0, 0.05) is 43.3 Å². The number of likely N-dealkylation sites (tertiary alicyclic amines) is 1.